The molecule has 0 saturated carbocycles. The SMILES string of the molecule is COC(=O)c1ccc2c(c1)nc(-c1cccnc1)n2C. The fourth-order valence-electron chi connectivity index (χ4n) is 2.20. The Balaban J connectivity index is 2.17. The number of hydrogen-bond acceptors (Lipinski definition) is 4. The van der Waals surface area contributed by atoms with Gasteiger partial charge in [0.2, 0.25) is 0 Å². The van der Waals surface area contributed by atoms with Gasteiger partial charge in [0.25, 0.3) is 0 Å². The summed E-state index contributed by atoms with van der Waals surface area (Å²) in [6.45, 7) is 0. The molecule has 2 heterocycles. The lowest BCUT2D eigenvalue weighted by Gasteiger charge is -2.01. The van der Waals surface area contributed by atoms with Gasteiger partial charge in [-0.15, -0.1) is 0 Å². The van der Waals surface area contributed by atoms with Gasteiger partial charge in [-0.05, 0) is 30.3 Å². The number of nitrogens with zero attached hydrogens (tertiary/aromatic N) is 3. The van der Waals surface area contributed by atoms with E-state index in [0.29, 0.717) is 5.56 Å². The minimum absolute atomic E-state index is 0.361. The van der Waals surface area contributed by atoms with Gasteiger partial charge in [-0.2, -0.15) is 0 Å². The van der Waals surface area contributed by atoms with E-state index in [1.807, 2.05) is 29.8 Å². The van der Waals surface area contributed by atoms with Crippen LogP contribution in [0.4, 0.5) is 0 Å². The van der Waals surface area contributed by atoms with Crippen LogP contribution in [0.25, 0.3) is 22.4 Å². The molecular formula is C15H13N3O2. The number of ether oxygens (including phenoxy) is 1. The molecule has 0 aliphatic rings. The molecule has 5 nitrogen and oxygen atoms in total. The summed E-state index contributed by atoms with van der Waals surface area (Å²) in [6.07, 6.45) is 3.49. The highest BCUT2D eigenvalue weighted by Crippen LogP contribution is 2.23. The molecule has 2 aromatic heterocycles. The highest BCUT2D eigenvalue weighted by atomic mass is 16.5. The molecule has 0 saturated heterocycles. The van der Waals surface area contributed by atoms with Crippen molar-refractivity contribution in [3.63, 3.8) is 0 Å². The molecule has 0 spiro atoms. The molecule has 3 rings (SSSR count). The molecule has 0 aliphatic carbocycles. The summed E-state index contributed by atoms with van der Waals surface area (Å²) >= 11 is 0. The summed E-state index contributed by atoms with van der Waals surface area (Å²) < 4.78 is 6.70. The number of aryl methyl sites for hydroxylation is 1. The third-order valence-corrected chi connectivity index (χ3v) is 3.22. The normalized spacial score (nSPS) is 10.7. The number of methoxy groups -OCH3 is 1. The second kappa shape index (κ2) is 4.77. The van der Waals surface area contributed by atoms with E-state index < -0.39 is 0 Å². The van der Waals surface area contributed by atoms with Gasteiger partial charge >= 0.3 is 5.97 Å². The van der Waals surface area contributed by atoms with Gasteiger partial charge in [-0.3, -0.25) is 4.98 Å². The highest BCUT2D eigenvalue weighted by molar-refractivity contribution is 5.94. The fraction of sp³-hybridized carbons (Fsp3) is 0.133. The van der Waals surface area contributed by atoms with Crippen molar-refractivity contribution in [3.8, 4) is 11.4 Å². The summed E-state index contributed by atoms with van der Waals surface area (Å²) in [5.74, 6) is 0.454. The third kappa shape index (κ3) is 1.93. The molecule has 0 bridgehead atoms. The van der Waals surface area contributed by atoms with Crippen molar-refractivity contribution >= 4 is 17.0 Å². The predicted molar refractivity (Wildman–Crippen MR) is 75.3 cm³/mol. The first kappa shape index (κ1) is 12.3. The van der Waals surface area contributed by atoms with Crippen LogP contribution in [0.5, 0.6) is 0 Å². The summed E-state index contributed by atoms with van der Waals surface area (Å²) in [6, 6.07) is 9.17. The van der Waals surface area contributed by atoms with Crippen molar-refractivity contribution < 1.29 is 9.53 Å². The van der Waals surface area contributed by atoms with Crippen molar-refractivity contribution in [1.82, 2.24) is 14.5 Å². The highest BCUT2D eigenvalue weighted by Gasteiger charge is 2.12. The number of pyridine rings is 1. The summed E-state index contributed by atoms with van der Waals surface area (Å²) in [7, 11) is 3.31. The van der Waals surface area contributed by atoms with Gasteiger partial charge in [0, 0.05) is 25.0 Å². The van der Waals surface area contributed by atoms with E-state index in [1.165, 1.54) is 7.11 Å². The average Bonchev–Trinajstić information content (AvgIpc) is 2.84. The van der Waals surface area contributed by atoms with E-state index in [0.717, 1.165) is 22.4 Å². The Bertz CT molecular complexity index is 778. The minimum Gasteiger partial charge on any atom is -0.465 e. The lowest BCUT2D eigenvalue weighted by Crippen LogP contribution is -2.00. The van der Waals surface area contributed by atoms with E-state index in [-0.39, 0.29) is 5.97 Å². The van der Waals surface area contributed by atoms with Crippen molar-refractivity contribution in [2.24, 2.45) is 7.05 Å². The molecule has 1 aromatic carbocycles. The van der Waals surface area contributed by atoms with Gasteiger partial charge in [0.05, 0.1) is 23.7 Å². The van der Waals surface area contributed by atoms with E-state index in [2.05, 4.69) is 9.97 Å². The fourth-order valence-corrected chi connectivity index (χ4v) is 2.20. The molecule has 0 unspecified atom stereocenters. The van der Waals surface area contributed by atoms with Crippen LogP contribution in [0.15, 0.2) is 42.7 Å². The Labute approximate surface area is 115 Å². The summed E-state index contributed by atoms with van der Waals surface area (Å²) in [5, 5.41) is 0. The van der Waals surface area contributed by atoms with Crippen LogP contribution in [0, 0.1) is 0 Å². The van der Waals surface area contributed by atoms with Crippen LogP contribution in [0.3, 0.4) is 0 Å². The molecule has 5 heteroatoms. The Morgan fingerprint density at radius 3 is 2.85 bits per heavy atom. The van der Waals surface area contributed by atoms with Gasteiger partial charge in [0.15, 0.2) is 0 Å². The Hall–Kier alpha value is -2.69. The van der Waals surface area contributed by atoms with Crippen LogP contribution < -0.4 is 0 Å². The first-order chi connectivity index (χ1) is 9.70. The Morgan fingerprint density at radius 2 is 2.15 bits per heavy atom. The number of aromatic nitrogens is 3. The second-order valence-corrected chi connectivity index (χ2v) is 4.43. The molecule has 3 aromatic rings. The van der Waals surface area contributed by atoms with E-state index in [9.17, 15) is 4.79 Å². The number of carbonyl (C=O) groups excluding carboxylic acids is 1. The third-order valence-electron chi connectivity index (χ3n) is 3.22. The molecular weight excluding hydrogens is 254 g/mol. The number of hydrogen-bond donors (Lipinski definition) is 0. The van der Waals surface area contributed by atoms with Gasteiger partial charge in [-0.25, -0.2) is 9.78 Å². The second-order valence-electron chi connectivity index (χ2n) is 4.43. The number of benzene rings is 1. The Morgan fingerprint density at radius 1 is 1.30 bits per heavy atom. The average molecular weight is 267 g/mol. The van der Waals surface area contributed by atoms with E-state index in [1.54, 1.807) is 24.5 Å². The van der Waals surface area contributed by atoms with E-state index >= 15 is 0 Å². The quantitative estimate of drug-likeness (QED) is 0.669. The molecule has 0 amide bonds. The summed E-state index contributed by atoms with van der Waals surface area (Å²) in [4.78, 5) is 20.2. The summed E-state index contributed by atoms with van der Waals surface area (Å²) in [5.41, 5.74) is 3.15. The van der Waals surface area contributed by atoms with Gasteiger partial charge < -0.3 is 9.30 Å². The molecule has 0 atom stereocenters. The monoisotopic (exact) mass is 267 g/mol. The number of rotatable bonds is 2. The molecule has 20 heavy (non-hydrogen) atoms. The number of imidazole rings is 1. The maximum atomic E-state index is 11.6. The molecule has 0 fully saturated rings. The van der Waals surface area contributed by atoms with Crippen molar-refractivity contribution in [1.29, 1.82) is 0 Å². The molecule has 100 valence electrons. The smallest absolute Gasteiger partial charge is 0.337 e. The van der Waals surface area contributed by atoms with Crippen LogP contribution in [-0.2, 0) is 11.8 Å². The van der Waals surface area contributed by atoms with Crippen molar-refractivity contribution in [2.75, 3.05) is 7.11 Å². The zero-order valence-electron chi connectivity index (χ0n) is 11.2. The first-order valence-corrected chi connectivity index (χ1v) is 6.16. The number of carbonyl (C=O) groups is 1. The molecule has 0 aliphatic heterocycles. The topological polar surface area (TPSA) is 57.0 Å². The zero-order valence-corrected chi connectivity index (χ0v) is 11.2. The van der Waals surface area contributed by atoms with Crippen molar-refractivity contribution in [2.45, 2.75) is 0 Å². The van der Waals surface area contributed by atoms with Crippen LogP contribution in [0.2, 0.25) is 0 Å². The van der Waals surface area contributed by atoms with Crippen LogP contribution in [0.1, 0.15) is 10.4 Å². The van der Waals surface area contributed by atoms with Gasteiger partial charge in [-0.1, -0.05) is 0 Å². The molecule has 0 N–H and O–H groups in total. The van der Waals surface area contributed by atoms with Crippen molar-refractivity contribution in [3.05, 3.63) is 48.3 Å². The van der Waals surface area contributed by atoms with E-state index in [4.69, 9.17) is 4.74 Å². The van der Waals surface area contributed by atoms with Gasteiger partial charge in [0.1, 0.15) is 5.82 Å². The largest absolute Gasteiger partial charge is 0.465 e. The minimum atomic E-state index is -0.361. The standard InChI is InChI=1S/C15H13N3O2/c1-18-13-6-5-10(15(19)20-2)8-12(13)17-14(18)11-4-3-7-16-9-11/h3-9H,1-2H3. The van der Waals surface area contributed by atoms with Crippen LogP contribution in [-0.4, -0.2) is 27.6 Å². The number of fused-ring (bicyclic) bond motifs is 1. The zero-order chi connectivity index (χ0) is 14.1. The number of esters is 1. The first-order valence-electron chi connectivity index (χ1n) is 6.16. The Kier molecular flexibility index (Phi) is 2.95. The lowest BCUT2D eigenvalue weighted by molar-refractivity contribution is 0.0601. The molecule has 0 radical (unpaired) electrons. The van der Waals surface area contributed by atoms with Crippen LogP contribution >= 0.6 is 0 Å². The maximum absolute atomic E-state index is 11.6. The lowest BCUT2D eigenvalue weighted by atomic mass is 10.2. The predicted octanol–water partition coefficient (Wildman–Crippen LogP) is 2.42. The maximum Gasteiger partial charge on any atom is 0.337 e.